The first-order valence-electron chi connectivity index (χ1n) is 11.1. The quantitative estimate of drug-likeness (QED) is 0.532. The third-order valence-corrected chi connectivity index (χ3v) is 6.11. The van der Waals surface area contributed by atoms with Crippen molar-refractivity contribution >= 4 is 23.2 Å². The van der Waals surface area contributed by atoms with Crippen LogP contribution in [0.4, 0.5) is 5.69 Å². The Hall–Kier alpha value is -3.32. The molecule has 1 aromatic heterocycles. The lowest BCUT2D eigenvalue weighted by Crippen LogP contribution is -2.49. The first kappa shape index (κ1) is 22.9. The highest BCUT2D eigenvalue weighted by atomic mass is 35.5. The second-order valence-corrected chi connectivity index (χ2v) is 8.18. The maximum Gasteiger partial charge on any atom is 0.292 e. The second kappa shape index (κ2) is 10.5. The molecule has 1 amide bonds. The minimum absolute atomic E-state index is 0.115. The number of hydrogen-bond acceptors (Lipinski definition) is 5. The zero-order chi connectivity index (χ0) is 23.2. The van der Waals surface area contributed by atoms with Crippen molar-refractivity contribution in [2.75, 3.05) is 37.7 Å². The van der Waals surface area contributed by atoms with Crippen LogP contribution in [-0.2, 0) is 11.2 Å². The highest BCUT2D eigenvalue weighted by Gasteiger charge is 2.24. The maximum atomic E-state index is 12.8. The van der Waals surface area contributed by atoms with Gasteiger partial charge in [0.15, 0.2) is 0 Å². The van der Waals surface area contributed by atoms with E-state index in [-0.39, 0.29) is 16.5 Å². The van der Waals surface area contributed by atoms with Crippen LogP contribution in [0.5, 0.6) is 5.75 Å². The topological polar surface area (TPSA) is 67.7 Å². The van der Waals surface area contributed by atoms with Crippen LogP contribution in [0.3, 0.4) is 0 Å². The Morgan fingerprint density at radius 2 is 1.73 bits per heavy atom. The Morgan fingerprint density at radius 1 is 1.03 bits per heavy atom. The highest BCUT2D eigenvalue weighted by Crippen LogP contribution is 2.24. The number of amides is 1. The van der Waals surface area contributed by atoms with Crippen LogP contribution < -0.4 is 15.2 Å². The smallest absolute Gasteiger partial charge is 0.292 e. The number of anilines is 1. The number of rotatable bonds is 7. The number of halogens is 1. The molecule has 0 radical (unpaired) electrons. The van der Waals surface area contributed by atoms with Gasteiger partial charge in [0, 0.05) is 32.6 Å². The van der Waals surface area contributed by atoms with E-state index in [2.05, 4.69) is 5.10 Å². The van der Waals surface area contributed by atoms with Gasteiger partial charge >= 0.3 is 0 Å². The minimum Gasteiger partial charge on any atom is -0.494 e. The maximum absolute atomic E-state index is 12.8. The molecule has 8 heteroatoms. The number of benzene rings is 2. The molecule has 0 spiro atoms. The van der Waals surface area contributed by atoms with Crippen LogP contribution in [0.2, 0.25) is 5.02 Å². The number of para-hydroxylation sites is 2. The zero-order valence-corrected chi connectivity index (χ0v) is 19.4. The molecule has 0 aliphatic carbocycles. The fourth-order valence-electron chi connectivity index (χ4n) is 4.00. The van der Waals surface area contributed by atoms with Gasteiger partial charge < -0.3 is 14.5 Å². The predicted octanol–water partition coefficient (Wildman–Crippen LogP) is 3.57. The van der Waals surface area contributed by atoms with E-state index in [1.807, 2.05) is 71.3 Å². The molecule has 172 valence electrons. The van der Waals surface area contributed by atoms with Gasteiger partial charge in [0.2, 0.25) is 5.91 Å². The number of carbonyl (C=O) groups excluding carboxylic acids is 1. The number of piperazine rings is 1. The summed E-state index contributed by atoms with van der Waals surface area (Å²) in [6.07, 6.45) is 2.70. The Labute approximate surface area is 198 Å². The summed E-state index contributed by atoms with van der Waals surface area (Å²) in [7, 11) is 0. The van der Waals surface area contributed by atoms with E-state index in [1.54, 1.807) is 6.20 Å². The van der Waals surface area contributed by atoms with Gasteiger partial charge in [-0.2, -0.15) is 9.78 Å². The van der Waals surface area contributed by atoms with Gasteiger partial charge in [-0.25, -0.2) is 0 Å². The Bertz CT molecular complexity index is 1160. The van der Waals surface area contributed by atoms with Crippen molar-refractivity contribution in [2.45, 2.75) is 19.8 Å². The molecular weight excluding hydrogens is 440 g/mol. The van der Waals surface area contributed by atoms with Crippen molar-refractivity contribution in [1.29, 1.82) is 0 Å². The van der Waals surface area contributed by atoms with Gasteiger partial charge in [-0.1, -0.05) is 48.0 Å². The summed E-state index contributed by atoms with van der Waals surface area (Å²) in [5.74, 6) is 0.953. The first-order chi connectivity index (χ1) is 16.1. The molecule has 0 bridgehead atoms. The number of carbonyl (C=O) groups is 1. The second-order valence-electron chi connectivity index (χ2n) is 7.80. The van der Waals surface area contributed by atoms with Crippen molar-refractivity contribution < 1.29 is 9.53 Å². The Morgan fingerprint density at radius 3 is 2.45 bits per heavy atom. The van der Waals surface area contributed by atoms with Crippen LogP contribution in [0, 0.1) is 0 Å². The third kappa shape index (κ3) is 5.20. The lowest BCUT2D eigenvalue weighted by atomic mass is 10.1. The molecule has 3 aromatic rings. The number of hydrogen-bond donors (Lipinski definition) is 0. The van der Waals surface area contributed by atoms with Gasteiger partial charge in [-0.15, -0.1) is 0 Å². The summed E-state index contributed by atoms with van der Waals surface area (Å²) in [6.45, 7) is 4.89. The van der Waals surface area contributed by atoms with Crippen molar-refractivity contribution in [3.8, 4) is 11.4 Å². The van der Waals surface area contributed by atoms with E-state index >= 15 is 0 Å². The molecule has 0 N–H and O–H groups in total. The molecule has 2 aromatic carbocycles. The van der Waals surface area contributed by atoms with Crippen LogP contribution in [0.1, 0.15) is 18.9 Å². The summed E-state index contributed by atoms with van der Waals surface area (Å²) in [4.78, 5) is 29.4. The molecule has 2 heterocycles. The molecule has 1 saturated heterocycles. The van der Waals surface area contributed by atoms with Crippen molar-refractivity contribution in [2.24, 2.45) is 0 Å². The molecule has 0 atom stereocenters. The molecule has 0 unspecified atom stereocenters. The summed E-state index contributed by atoms with van der Waals surface area (Å²) in [6, 6.07) is 17.0. The Balaban J connectivity index is 1.37. The summed E-state index contributed by atoms with van der Waals surface area (Å²) in [5, 5.41) is 4.45. The minimum atomic E-state index is -0.355. The lowest BCUT2D eigenvalue weighted by molar-refractivity contribution is -0.131. The largest absolute Gasteiger partial charge is 0.494 e. The molecule has 1 aliphatic rings. The fourth-order valence-corrected chi connectivity index (χ4v) is 4.25. The first-order valence-corrected chi connectivity index (χ1v) is 11.5. The Kier molecular flexibility index (Phi) is 7.29. The van der Waals surface area contributed by atoms with Crippen LogP contribution in [-0.4, -0.2) is 53.4 Å². The molecular formula is C25H27ClN4O3. The normalized spacial score (nSPS) is 13.8. The van der Waals surface area contributed by atoms with E-state index < -0.39 is 0 Å². The van der Waals surface area contributed by atoms with Gasteiger partial charge in [0.05, 0.1) is 24.2 Å². The highest BCUT2D eigenvalue weighted by molar-refractivity contribution is 6.33. The average Bonchev–Trinajstić information content (AvgIpc) is 2.86. The molecule has 1 aliphatic heterocycles. The molecule has 4 rings (SSSR count). The monoisotopic (exact) mass is 466 g/mol. The number of aromatic nitrogens is 2. The van der Waals surface area contributed by atoms with Gasteiger partial charge in [0.25, 0.3) is 5.56 Å². The third-order valence-electron chi connectivity index (χ3n) is 5.75. The molecule has 0 saturated carbocycles. The molecule has 1 fully saturated rings. The SMILES string of the molecule is CCOc1ccccc1CCC(=O)N1CCN(c2cnn(-c3ccccc3)c(=O)c2Cl)CC1. The zero-order valence-electron chi connectivity index (χ0n) is 18.6. The molecule has 33 heavy (non-hydrogen) atoms. The van der Waals surface area contributed by atoms with E-state index in [1.165, 1.54) is 4.68 Å². The van der Waals surface area contributed by atoms with Crippen molar-refractivity contribution in [3.63, 3.8) is 0 Å². The van der Waals surface area contributed by atoms with E-state index in [4.69, 9.17) is 16.3 Å². The van der Waals surface area contributed by atoms with Gasteiger partial charge in [0.1, 0.15) is 10.8 Å². The van der Waals surface area contributed by atoms with Crippen LogP contribution in [0.25, 0.3) is 5.69 Å². The fraction of sp³-hybridized carbons (Fsp3) is 0.320. The van der Waals surface area contributed by atoms with Crippen LogP contribution in [0.15, 0.2) is 65.6 Å². The van der Waals surface area contributed by atoms with E-state index in [0.717, 1.165) is 11.3 Å². The number of nitrogens with zero attached hydrogens (tertiary/aromatic N) is 4. The van der Waals surface area contributed by atoms with Crippen molar-refractivity contribution in [1.82, 2.24) is 14.7 Å². The summed E-state index contributed by atoms with van der Waals surface area (Å²) in [5.41, 5.74) is 1.96. The van der Waals surface area contributed by atoms with Crippen LogP contribution >= 0.6 is 11.6 Å². The number of ether oxygens (including phenoxy) is 1. The molecule has 7 nitrogen and oxygen atoms in total. The van der Waals surface area contributed by atoms with Gasteiger partial charge in [-0.05, 0) is 37.1 Å². The van der Waals surface area contributed by atoms with E-state index in [0.29, 0.717) is 57.0 Å². The summed E-state index contributed by atoms with van der Waals surface area (Å²) >= 11 is 6.43. The summed E-state index contributed by atoms with van der Waals surface area (Å²) < 4.78 is 6.96. The van der Waals surface area contributed by atoms with Crippen molar-refractivity contribution in [3.05, 3.63) is 81.7 Å². The predicted molar refractivity (Wildman–Crippen MR) is 130 cm³/mol. The van der Waals surface area contributed by atoms with Gasteiger partial charge in [-0.3, -0.25) is 9.59 Å². The van der Waals surface area contributed by atoms with E-state index in [9.17, 15) is 9.59 Å². The average molecular weight is 467 g/mol. The number of aryl methyl sites for hydroxylation is 1. The lowest BCUT2D eigenvalue weighted by Gasteiger charge is -2.36. The standard InChI is InChI=1S/C25H27ClN4O3/c1-2-33-22-11-7-6-8-19(22)12-13-23(31)29-16-14-28(15-17-29)21-18-27-30(25(32)24(21)26)20-9-4-3-5-10-20/h3-11,18H,2,12-17H2,1H3.